The van der Waals surface area contributed by atoms with Gasteiger partial charge in [0, 0.05) is 25.0 Å². The van der Waals surface area contributed by atoms with E-state index in [1.54, 1.807) is 19.4 Å². The first-order valence-corrected chi connectivity index (χ1v) is 11.1. The highest BCUT2D eigenvalue weighted by Crippen LogP contribution is 2.51. The zero-order chi connectivity index (χ0) is 22.5. The third-order valence-electron chi connectivity index (χ3n) is 6.67. The van der Waals surface area contributed by atoms with E-state index in [1.165, 1.54) is 10.5 Å². The van der Waals surface area contributed by atoms with Crippen LogP contribution in [0.4, 0.5) is 0 Å². The van der Waals surface area contributed by atoms with Crippen LogP contribution in [0.5, 0.6) is 0 Å². The van der Waals surface area contributed by atoms with Gasteiger partial charge in [0.1, 0.15) is 0 Å². The topological polar surface area (TPSA) is 71.6 Å². The fourth-order valence-electron chi connectivity index (χ4n) is 5.30. The van der Waals surface area contributed by atoms with Gasteiger partial charge < -0.3 is 5.73 Å². The molecule has 2 atom stereocenters. The van der Waals surface area contributed by atoms with Crippen LogP contribution in [0.2, 0.25) is 5.02 Å². The lowest BCUT2D eigenvalue weighted by molar-refractivity contribution is -0.132. The fraction of sp³-hybridized carbons (Fsp3) is 0.269. The lowest BCUT2D eigenvalue weighted by atomic mass is 9.62. The van der Waals surface area contributed by atoms with Crippen LogP contribution in [0.3, 0.4) is 0 Å². The first kappa shape index (κ1) is 20.7. The second-order valence-electron chi connectivity index (χ2n) is 9.28. The Morgan fingerprint density at radius 2 is 1.88 bits per heavy atom. The van der Waals surface area contributed by atoms with Gasteiger partial charge in [0.25, 0.3) is 5.91 Å². The van der Waals surface area contributed by atoms with E-state index in [0.29, 0.717) is 11.4 Å². The Morgan fingerprint density at radius 3 is 2.56 bits per heavy atom. The number of carbonyl (C=O) groups excluding carboxylic acids is 1. The summed E-state index contributed by atoms with van der Waals surface area (Å²) in [7, 11) is 1.70. The summed E-state index contributed by atoms with van der Waals surface area (Å²) in [6.07, 6.45) is 5.72. The number of hydrogen-bond donors (Lipinski definition) is 1. The van der Waals surface area contributed by atoms with Gasteiger partial charge in [-0.25, -0.2) is 4.99 Å². The Hall–Kier alpha value is -3.18. The summed E-state index contributed by atoms with van der Waals surface area (Å²) in [5.41, 5.74) is 10.2. The van der Waals surface area contributed by atoms with Crippen LogP contribution in [0.25, 0.3) is 11.1 Å². The lowest BCUT2D eigenvalue weighted by Gasteiger charge is -2.43. The molecule has 0 bridgehead atoms. The van der Waals surface area contributed by atoms with Gasteiger partial charge in [-0.2, -0.15) is 0 Å². The number of nitrogens with zero attached hydrogens (tertiary/aromatic N) is 3. The summed E-state index contributed by atoms with van der Waals surface area (Å²) >= 11 is 6.17. The van der Waals surface area contributed by atoms with Crippen molar-refractivity contribution in [2.24, 2.45) is 16.1 Å². The molecule has 1 spiro atoms. The van der Waals surface area contributed by atoms with Crippen molar-refractivity contribution in [1.82, 2.24) is 9.88 Å². The highest BCUT2D eigenvalue weighted by Gasteiger charge is 2.55. The minimum absolute atomic E-state index is 0.0726. The molecule has 1 aliphatic carbocycles. The molecule has 1 aromatic heterocycles. The number of halogens is 1. The molecule has 0 fully saturated rings. The van der Waals surface area contributed by atoms with E-state index < -0.39 is 5.54 Å². The van der Waals surface area contributed by atoms with Crippen molar-refractivity contribution >= 4 is 23.5 Å². The number of carbonyl (C=O) groups is 1. The molecule has 0 radical (unpaired) electrons. The molecule has 2 aliphatic rings. The van der Waals surface area contributed by atoms with Crippen LogP contribution in [0, 0.1) is 5.41 Å². The molecule has 2 N–H and O–H groups in total. The summed E-state index contributed by atoms with van der Waals surface area (Å²) in [5, 5.41) is 0.573. The molecule has 0 saturated carbocycles. The molecule has 2 heterocycles. The summed E-state index contributed by atoms with van der Waals surface area (Å²) in [5.74, 6) is 0.191. The molecule has 0 unspecified atom stereocenters. The minimum atomic E-state index is -1.02. The second kappa shape index (κ2) is 7.45. The summed E-state index contributed by atoms with van der Waals surface area (Å²) in [6.45, 7) is 2.25. The molecule has 32 heavy (non-hydrogen) atoms. The number of pyridine rings is 1. The maximum Gasteiger partial charge on any atom is 0.261 e. The number of nitrogens with two attached hydrogens (primary N) is 1. The maximum atomic E-state index is 13.6. The number of aliphatic imine (C=N–C) groups is 1. The van der Waals surface area contributed by atoms with Gasteiger partial charge in [0.05, 0.1) is 5.02 Å². The third kappa shape index (κ3) is 3.37. The lowest BCUT2D eigenvalue weighted by Crippen LogP contribution is -2.47. The average Bonchev–Trinajstić information content (AvgIpc) is 2.97. The third-order valence-corrected chi connectivity index (χ3v) is 6.88. The van der Waals surface area contributed by atoms with Crippen molar-refractivity contribution in [3.63, 3.8) is 0 Å². The predicted molar refractivity (Wildman–Crippen MR) is 127 cm³/mol. The molecule has 162 valence electrons. The Kier molecular flexibility index (Phi) is 4.82. The monoisotopic (exact) mass is 444 g/mol. The van der Waals surface area contributed by atoms with Crippen LogP contribution < -0.4 is 5.73 Å². The van der Waals surface area contributed by atoms with Crippen LogP contribution in [0.1, 0.15) is 30.0 Å². The van der Waals surface area contributed by atoms with Crippen molar-refractivity contribution < 1.29 is 4.79 Å². The van der Waals surface area contributed by atoms with Crippen molar-refractivity contribution in [2.45, 2.75) is 31.7 Å². The molecular weight excluding hydrogens is 420 g/mol. The minimum Gasteiger partial charge on any atom is -0.369 e. The molecule has 1 aliphatic heterocycles. The van der Waals surface area contributed by atoms with Crippen molar-refractivity contribution in [2.75, 3.05) is 7.05 Å². The van der Waals surface area contributed by atoms with Gasteiger partial charge in [0.2, 0.25) is 0 Å². The zero-order valence-electron chi connectivity index (χ0n) is 18.2. The molecular formula is C26H25ClN4O. The SMILES string of the molecule is CN1C(=O)[C@]2(C[C@@](C)(Cc3ccccc3)Cc3ccc(-c4cncc(Cl)c4)cc32)N=C1N. The van der Waals surface area contributed by atoms with Crippen LogP contribution >= 0.6 is 11.6 Å². The van der Waals surface area contributed by atoms with E-state index in [4.69, 9.17) is 22.3 Å². The van der Waals surface area contributed by atoms with E-state index >= 15 is 0 Å². The second-order valence-corrected chi connectivity index (χ2v) is 9.72. The predicted octanol–water partition coefficient (Wildman–Crippen LogP) is 4.58. The normalized spacial score (nSPS) is 24.5. The highest BCUT2D eigenvalue weighted by molar-refractivity contribution is 6.30. The maximum absolute atomic E-state index is 13.6. The van der Waals surface area contributed by atoms with Crippen molar-refractivity contribution in [1.29, 1.82) is 0 Å². The summed E-state index contributed by atoms with van der Waals surface area (Å²) < 4.78 is 0. The summed E-state index contributed by atoms with van der Waals surface area (Å²) in [6, 6.07) is 18.6. The standard InChI is InChI=1S/C26H25ClN4O/c1-25(12-17-6-4-3-5-7-17)13-19-9-8-18(20-10-21(27)15-29-14-20)11-22(19)26(16-25)23(32)31(2)24(28)30-26/h3-11,14-15H,12-13,16H2,1-2H3,(H2,28,30)/t25-,26+/m0/s1. The number of rotatable bonds is 3. The largest absolute Gasteiger partial charge is 0.369 e. The Balaban J connectivity index is 1.65. The van der Waals surface area contributed by atoms with Gasteiger partial charge in [-0.15, -0.1) is 0 Å². The number of hydrogen-bond acceptors (Lipinski definition) is 4. The van der Waals surface area contributed by atoms with E-state index in [2.05, 4.69) is 54.4 Å². The Morgan fingerprint density at radius 1 is 1.09 bits per heavy atom. The van der Waals surface area contributed by atoms with Crippen LogP contribution in [-0.4, -0.2) is 28.8 Å². The van der Waals surface area contributed by atoms with E-state index in [1.807, 2.05) is 12.1 Å². The highest BCUT2D eigenvalue weighted by atomic mass is 35.5. The number of guanidine groups is 1. The fourth-order valence-corrected chi connectivity index (χ4v) is 5.48. The molecule has 6 heteroatoms. The molecule has 1 amide bonds. The van der Waals surface area contributed by atoms with Gasteiger partial charge in [-0.05, 0) is 59.1 Å². The first-order chi connectivity index (χ1) is 15.3. The van der Waals surface area contributed by atoms with E-state index in [9.17, 15) is 4.79 Å². The molecule has 0 saturated heterocycles. The van der Waals surface area contributed by atoms with Gasteiger partial charge in [-0.3, -0.25) is 14.7 Å². The molecule has 3 aromatic rings. The van der Waals surface area contributed by atoms with Gasteiger partial charge >= 0.3 is 0 Å². The van der Waals surface area contributed by atoms with Crippen LogP contribution in [0.15, 0.2) is 72.0 Å². The molecule has 5 nitrogen and oxygen atoms in total. The van der Waals surface area contributed by atoms with Gasteiger partial charge in [0.15, 0.2) is 11.5 Å². The smallest absolute Gasteiger partial charge is 0.261 e. The first-order valence-electron chi connectivity index (χ1n) is 10.7. The molecule has 2 aromatic carbocycles. The zero-order valence-corrected chi connectivity index (χ0v) is 18.9. The summed E-state index contributed by atoms with van der Waals surface area (Å²) in [4.78, 5) is 24.1. The number of amides is 1. The number of fused-ring (bicyclic) bond motifs is 2. The van der Waals surface area contributed by atoms with Crippen LogP contribution in [-0.2, 0) is 23.2 Å². The average molecular weight is 445 g/mol. The van der Waals surface area contributed by atoms with E-state index in [0.717, 1.165) is 35.1 Å². The van der Waals surface area contributed by atoms with Crippen molar-refractivity contribution in [3.8, 4) is 11.1 Å². The van der Waals surface area contributed by atoms with E-state index in [-0.39, 0.29) is 17.3 Å². The Bertz CT molecular complexity index is 1240. The number of likely N-dealkylation sites (N-methyl/N-ethyl adjacent to an activating group) is 1. The quantitative estimate of drug-likeness (QED) is 0.642. The number of benzene rings is 2. The molecule has 5 rings (SSSR count). The van der Waals surface area contributed by atoms with Gasteiger partial charge in [-0.1, -0.05) is 61.0 Å². The number of aromatic nitrogens is 1. The Labute approximate surface area is 192 Å². The van der Waals surface area contributed by atoms with Crippen molar-refractivity contribution in [3.05, 3.63) is 88.7 Å².